The van der Waals surface area contributed by atoms with E-state index in [1.54, 1.807) is 6.33 Å². The molecule has 0 radical (unpaired) electrons. The van der Waals surface area contributed by atoms with Crippen LogP contribution in [0.2, 0.25) is 0 Å². The number of aryl methyl sites for hydroxylation is 1. The highest BCUT2D eigenvalue weighted by Crippen LogP contribution is 2.31. The number of amides is 1. The molecule has 1 amide bonds. The summed E-state index contributed by atoms with van der Waals surface area (Å²) in [5.74, 6) is 0.924. The van der Waals surface area contributed by atoms with E-state index in [0.29, 0.717) is 6.54 Å². The third-order valence-electron chi connectivity index (χ3n) is 3.89. The Morgan fingerprint density at radius 2 is 2.47 bits per heavy atom. The lowest BCUT2D eigenvalue weighted by atomic mass is 9.76. The summed E-state index contributed by atoms with van der Waals surface area (Å²) in [5, 5.41) is 14.2. The molecule has 1 saturated heterocycles. The predicted molar refractivity (Wildman–Crippen MR) is 72.3 cm³/mol. The molecule has 0 aromatic carbocycles. The van der Waals surface area contributed by atoms with Crippen molar-refractivity contribution < 1.29 is 4.79 Å². The fourth-order valence-corrected chi connectivity index (χ4v) is 2.78. The molecule has 2 heterocycles. The number of hydrogen-bond acceptors (Lipinski definition) is 4. The largest absolute Gasteiger partial charge is 0.348 e. The van der Waals surface area contributed by atoms with E-state index in [-0.39, 0.29) is 11.3 Å². The second-order valence-electron chi connectivity index (χ2n) is 5.35. The highest BCUT2D eigenvalue weighted by Gasteiger charge is 2.38. The molecule has 2 rings (SSSR count). The lowest BCUT2D eigenvalue weighted by Gasteiger charge is -2.36. The molecular formula is C13H23N5O. The van der Waals surface area contributed by atoms with Crippen molar-refractivity contribution in [1.82, 2.24) is 25.4 Å². The van der Waals surface area contributed by atoms with Crippen LogP contribution < -0.4 is 10.6 Å². The number of carbonyl (C=O) groups excluding carboxylic acids is 1. The van der Waals surface area contributed by atoms with E-state index in [0.717, 1.165) is 44.6 Å². The van der Waals surface area contributed by atoms with Gasteiger partial charge in [-0.2, -0.15) is 0 Å². The van der Waals surface area contributed by atoms with Crippen LogP contribution in [0.3, 0.4) is 0 Å². The third kappa shape index (κ3) is 3.12. The van der Waals surface area contributed by atoms with Gasteiger partial charge < -0.3 is 15.2 Å². The van der Waals surface area contributed by atoms with Gasteiger partial charge >= 0.3 is 0 Å². The zero-order valence-corrected chi connectivity index (χ0v) is 11.8. The molecule has 1 unspecified atom stereocenters. The van der Waals surface area contributed by atoms with Crippen LogP contribution in [-0.4, -0.2) is 33.8 Å². The summed E-state index contributed by atoms with van der Waals surface area (Å²) < 4.78 is 1.83. The first-order valence-corrected chi connectivity index (χ1v) is 7.00. The number of piperidine rings is 1. The smallest absolute Gasteiger partial charge is 0.227 e. The van der Waals surface area contributed by atoms with Gasteiger partial charge in [-0.25, -0.2) is 0 Å². The molecule has 106 valence electrons. The van der Waals surface area contributed by atoms with Crippen LogP contribution in [0, 0.1) is 5.41 Å². The molecule has 1 aromatic rings. The zero-order valence-electron chi connectivity index (χ0n) is 11.8. The number of nitrogens with zero attached hydrogens (tertiary/aromatic N) is 3. The van der Waals surface area contributed by atoms with Gasteiger partial charge in [0.05, 0.1) is 12.0 Å². The molecule has 6 heteroatoms. The highest BCUT2D eigenvalue weighted by molar-refractivity contribution is 5.82. The van der Waals surface area contributed by atoms with Gasteiger partial charge in [-0.15, -0.1) is 10.2 Å². The van der Waals surface area contributed by atoms with Crippen LogP contribution >= 0.6 is 0 Å². The first-order valence-electron chi connectivity index (χ1n) is 7.00. The van der Waals surface area contributed by atoms with E-state index in [9.17, 15) is 4.79 Å². The quantitative estimate of drug-likeness (QED) is 0.818. The number of aromatic nitrogens is 3. The molecule has 1 fully saturated rings. The summed E-state index contributed by atoms with van der Waals surface area (Å²) >= 11 is 0. The fraction of sp³-hybridized carbons (Fsp3) is 0.769. The van der Waals surface area contributed by atoms with Crippen molar-refractivity contribution in [3.05, 3.63) is 12.2 Å². The standard InChI is InChI=1S/C13H23N5O/c1-3-5-13(6-4-7-14-9-13)12(19)15-8-11-17-16-10-18(11)2/h10,14H,3-9H2,1-2H3,(H,15,19). The lowest BCUT2D eigenvalue weighted by molar-refractivity contribution is -0.132. The van der Waals surface area contributed by atoms with Gasteiger partial charge in [0.1, 0.15) is 6.33 Å². The highest BCUT2D eigenvalue weighted by atomic mass is 16.2. The Bertz CT molecular complexity index is 417. The van der Waals surface area contributed by atoms with Gasteiger partial charge in [-0.05, 0) is 25.8 Å². The van der Waals surface area contributed by atoms with Crippen molar-refractivity contribution in [2.24, 2.45) is 12.5 Å². The molecule has 0 saturated carbocycles. The second kappa shape index (κ2) is 6.14. The first kappa shape index (κ1) is 14.0. The van der Waals surface area contributed by atoms with E-state index in [1.165, 1.54) is 0 Å². The maximum Gasteiger partial charge on any atom is 0.227 e. The average Bonchev–Trinajstić information content (AvgIpc) is 2.83. The SMILES string of the molecule is CCCC1(C(=O)NCc2nncn2C)CCCNC1. The van der Waals surface area contributed by atoms with Gasteiger partial charge in [0, 0.05) is 13.6 Å². The van der Waals surface area contributed by atoms with Crippen molar-refractivity contribution in [2.75, 3.05) is 13.1 Å². The van der Waals surface area contributed by atoms with E-state index in [4.69, 9.17) is 0 Å². The molecule has 0 bridgehead atoms. The summed E-state index contributed by atoms with van der Waals surface area (Å²) in [6.07, 6.45) is 5.64. The number of rotatable bonds is 5. The molecule has 0 spiro atoms. The zero-order chi connectivity index (χ0) is 13.7. The Labute approximate surface area is 114 Å². The summed E-state index contributed by atoms with van der Waals surface area (Å²) in [6.45, 7) is 4.38. The van der Waals surface area contributed by atoms with Gasteiger partial charge in [0.25, 0.3) is 0 Å². The molecule has 2 N–H and O–H groups in total. The molecule has 1 aromatic heterocycles. The number of nitrogens with one attached hydrogen (secondary N) is 2. The van der Waals surface area contributed by atoms with Gasteiger partial charge in [0.2, 0.25) is 5.91 Å². The Kier molecular flexibility index (Phi) is 4.52. The second-order valence-corrected chi connectivity index (χ2v) is 5.35. The Hall–Kier alpha value is -1.43. The number of hydrogen-bond donors (Lipinski definition) is 2. The minimum atomic E-state index is -0.244. The monoisotopic (exact) mass is 265 g/mol. The van der Waals surface area contributed by atoms with Crippen LogP contribution in [0.5, 0.6) is 0 Å². The van der Waals surface area contributed by atoms with Gasteiger partial charge in [-0.1, -0.05) is 13.3 Å². The Morgan fingerprint density at radius 1 is 1.63 bits per heavy atom. The van der Waals surface area contributed by atoms with E-state index in [2.05, 4.69) is 27.8 Å². The van der Waals surface area contributed by atoms with Crippen LogP contribution in [0.15, 0.2) is 6.33 Å². The van der Waals surface area contributed by atoms with Crippen LogP contribution in [0.25, 0.3) is 0 Å². The molecule has 6 nitrogen and oxygen atoms in total. The average molecular weight is 265 g/mol. The molecule has 19 heavy (non-hydrogen) atoms. The van der Waals surface area contributed by atoms with Crippen molar-refractivity contribution in [2.45, 2.75) is 39.2 Å². The van der Waals surface area contributed by atoms with E-state index >= 15 is 0 Å². The predicted octanol–water partition coefficient (Wildman–Crippen LogP) is 0.601. The lowest BCUT2D eigenvalue weighted by Crippen LogP contribution is -2.50. The minimum Gasteiger partial charge on any atom is -0.348 e. The number of carbonyl (C=O) groups is 1. The normalized spacial score (nSPS) is 23.3. The van der Waals surface area contributed by atoms with Gasteiger partial charge in [-0.3, -0.25) is 4.79 Å². The van der Waals surface area contributed by atoms with Crippen LogP contribution in [0.4, 0.5) is 0 Å². The first-order chi connectivity index (χ1) is 9.18. The maximum atomic E-state index is 12.5. The van der Waals surface area contributed by atoms with Crippen molar-refractivity contribution in [3.63, 3.8) is 0 Å². The van der Waals surface area contributed by atoms with Crippen molar-refractivity contribution >= 4 is 5.91 Å². The summed E-state index contributed by atoms with van der Waals surface area (Å²) in [6, 6.07) is 0. The Morgan fingerprint density at radius 3 is 3.05 bits per heavy atom. The summed E-state index contributed by atoms with van der Waals surface area (Å²) in [7, 11) is 1.88. The third-order valence-corrected chi connectivity index (χ3v) is 3.89. The van der Waals surface area contributed by atoms with Crippen LogP contribution in [0.1, 0.15) is 38.4 Å². The summed E-state index contributed by atoms with van der Waals surface area (Å²) in [5.41, 5.74) is -0.244. The van der Waals surface area contributed by atoms with E-state index < -0.39 is 0 Å². The van der Waals surface area contributed by atoms with Gasteiger partial charge in [0.15, 0.2) is 5.82 Å². The van der Waals surface area contributed by atoms with E-state index in [1.807, 2.05) is 11.6 Å². The molecule has 1 aliphatic heterocycles. The molecule has 1 atom stereocenters. The Balaban J connectivity index is 1.97. The minimum absolute atomic E-state index is 0.143. The van der Waals surface area contributed by atoms with Crippen LogP contribution in [-0.2, 0) is 18.4 Å². The fourth-order valence-electron chi connectivity index (χ4n) is 2.78. The summed E-state index contributed by atoms with van der Waals surface area (Å²) in [4.78, 5) is 12.5. The maximum absolute atomic E-state index is 12.5. The molecule has 1 aliphatic rings. The molecular weight excluding hydrogens is 242 g/mol. The van der Waals surface area contributed by atoms with Crippen molar-refractivity contribution in [1.29, 1.82) is 0 Å². The topological polar surface area (TPSA) is 71.8 Å². The molecule has 0 aliphatic carbocycles. The van der Waals surface area contributed by atoms with Crippen molar-refractivity contribution in [3.8, 4) is 0 Å².